The van der Waals surface area contributed by atoms with E-state index in [4.69, 9.17) is 4.74 Å². The van der Waals surface area contributed by atoms with Gasteiger partial charge in [0.2, 0.25) is 5.54 Å². The van der Waals surface area contributed by atoms with Gasteiger partial charge in [0.15, 0.2) is 0 Å². The number of likely N-dealkylation sites (N-methyl/N-ethyl adjacent to an activating group) is 1. The first-order valence-corrected chi connectivity index (χ1v) is 14.9. The van der Waals surface area contributed by atoms with Crippen molar-refractivity contribution in [1.29, 1.82) is 0 Å². The minimum absolute atomic E-state index is 0.113. The summed E-state index contributed by atoms with van der Waals surface area (Å²) < 4.78 is 51.5. The number of nitrogens with zero attached hydrogens (tertiary/aromatic N) is 2. The van der Waals surface area contributed by atoms with Gasteiger partial charge in [-0.2, -0.15) is 13.2 Å². The molecule has 1 spiro atoms. The zero-order valence-corrected chi connectivity index (χ0v) is 24.6. The van der Waals surface area contributed by atoms with Gasteiger partial charge < -0.3 is 14.5 Å². The number of nitrogens with one attached hydrogen (secondary N) is 1. The van der Waals surface area contributed by atoms with E-state index in [1.54, 1.807) is 12.1 Å². The van der Waals surface area contributed by atoms with Crippen LogP contribution < -0.4 is 10.2 Å². The van der Waals surface area contributed by atoms with Crippen LogP contribution in [0.15, 0.2) is 115 Å². The van der Waals surface area contributed by atoms with Crippen molar-refractivity contribution in [2.24, 2.45) is 0 Å². The SMILES string of the molecule is CN1CC2(CC(OCc3ccccc3)C2)NC(c2ccc(N(Cc3ccccc3)Cc3ccccc3)cc2)(C(F)(F)F)C1=O. The van der Waals surface area contributed by atoms with Gasteiger partial charge in [0.05, 0.1) is 12.7 Å². The summed E-state index contributed by atoms with van der Waals surface area (Å²) in [5.41, 5.74) is 0.0794. The van der Waals surface area contributed by atoms with E-state index in [1.807, 2.05) is 91.0 Å². The molecule has 4 aromatic rings. The van der Waals surface area contributed by atoms with Gasteiger partial charge in [-0.05, 0) is 47.2 Å². The van der Waals surface area contributed by atoms with Gasteiger partial charge in [-0.1, -0.05) is 103 Å². The Bertz CT molecular complexity index is 1500. The third kappa shape index (κ3) is 5.97. The monoisotopic (exact) mass is 599 g/mol. The van der Waals surface area contributed by atoms with Crippen LogP contribution in [0.4, 0.5) is 18.9 Å². The minimum Gasteiger partial charge on any atom is -0.373 e. The predicted octanol–water partition coefficient (Wildman–Crippen LogP) is 6.83. The first kappa shape index (κ1) is 29.9. The first-order chi connectivity index (χ1) is 21.2. The smallest absolute Gasteiger partial charge is 0.373 e. The molecule has 1 heterocycles. The summed E-state index contributed by atoms with van der Waals surface area (Å²) in [7, 11) is 1.46. The Morgan fingerprint density at radius 2 is 1.30 bits per heavy atom. The molecule has 1 saturated heterocycles. The average molecular weight is 600 g/mol. The molecule has 1 saturated carbocycles. The molecule has 228 valence electrons. The Balaban J connectivity index is 1.26. The zero-order chi connectivity index (χ0) is 30.8. The Hall–Kier alpha value is -4.14. The van der Waals surface area contributed by atoms with Gasteiger partial charge in [0, 0.05) is 37.9 Å². The Kier molecular flexibility index (Phi) is 8.22. The molecule has 6 rings (SSSR count). The van der Waals surface area contributed by atoms with E-state index >= 15 is 13.2 Å². The number of hydrogen-bond acceptors (Lipinski definition) is 4. The Labute approximate surface area is 256 Å². The number of benzene rings is 4. The predicted molar refractivity (Wildman–Crippen MR) is 165 cm³/mol. The van der Waals surface area contributed by atoms with Crippen molar-refractivity contribution in [2.75, 3.05) is 18.5 Å². The van der Waals surface area contributed by atoms with Crippen molar-refractivity contribution in [3.63, 3.8) is 0 Å². The second-order valence-corrected chi connectivity index (χ2v) is 12.0. The van der Waals surface area contributed by atoms with Crippen molar-refractivity contribution in [2.45, 2.75) is 55.9 Å². The van der Waals surface area contributed by atoms with E-state index < -0.39 is 23.2 Å². The highest BCUT2D eigenvalue weighted by Crippen LogP contribution is 2.49. The normalized spacial score (nSPS) is 23.4. The van der Waals surface area contributed by atoms with Crippen LogP contribution in [-0.2, 0) is 34.8 Å². The van der Waals surface area contributed by atoms with E-state index in [0.29, 0.717) is 32.5 Å². The average Bonchev–Trinajstić information content (AvgIpc) is 3.01. The fourth-order valence-corrected chi connectivity index (χ4v) is 6.57. The summed E-state index contributed by atoms with van der Waals surface area (Å²) in [6, 6.07) is 35.9. The third-order valence-electron chi connectivity index (χ3n) is 8.75. The topological polar surface area (TPSA) is 44.8 Å². The van der Waals surface area contributed by atoms with Crippen LogP contribution in [0.1, 0.15) is 35.1 Å². The van der Waals surface area contributed by atoms with E-state index in [2.05, 4.69) is 10.2 Å². The molecule has 0 aromatic heterocycles. The highest BCUT2D eigenvalue weighted by Gasteiger charge is 2.69. The lowest BCUT2D eigenvalue weighted by atomic mass is 9.68. The van der Waals surface area contributed by atoms with Gasteiger partial charge in [-0.3, -0.25) is 10.1 Å². The van der Waals surface area contributed by atoms with Crippen LogP contribution in [0.25, 0.3) is 0 Å². The minimum atomic E-state index is -4.86. The van der Waals surface area contributed by atoms with Crippen LogP contribution in [0, 0.1) is 0 Å². The van der Waals surface area contributed by atoms with Crippen molar-refractivity contribution in [3.05, 3.63) is 138 Å². The number of halogens is 3. The van der Waals surface area contributed by atoms with Crippen LogP contribution in [0.3, 0.4) is 0 Å². The van der Waals surface area contributed by atoms with E-state index in [-0.39, 0.29) is 18.2 Å². The van der Waals surface area contributed by atoms with Gasteiger partial charge >= 0.3 is 6.18 Å². The first-order valence-electron chi connectivity index (χ1n) is 14.9. The summed E-state index contributed by atoms with van der Waals surface area (Å²) in [4.78, 5) is 16.9. The van der Waals surface area contributed by atoms with Crippen LogP contribution in [0.2, 0.25) is 0 Å². The lowest BCUT2D eigenvalue weighted by Gasteiger charge is -2.58. The molecule has 0 bridgehead atoms. The molecular formula is C36H36F3N3O2. The number of amides is 1. The van der Waals surface area contributed by atoms with E-state index in [1.165, 1.54) is 24.1 Å². The summed E-state index contributed by atoms with van der Waals surface area (Å²) in [5.74, 6) is -0.998. The fraction of sp³-hybridized carbons (Fsp3) is 0.306. The standard InChI is InChI=1S/C36H36F3N3O2/c1-41-26-34(21-32(22-34)44-25-29-15-9-4-10-16-29)40-35(33(41)43,36(37,38)39)30-17-19-31(20-18-30)42(23-27-11-5-2-6-12-27)24-28-13-7-3-8-14-28/h2-20,32,40H,21-26H2,1H3. The zero-order valence-electron chi connectivity index (χ0n) is 24.6. The number of carbonyl (C=O) groups is 1. The van der Waals surface area contributed by atoms with Crippen molar-refractivity contribution >= 4 is 11.6 Å². The second-order valence-electron chi connectivity index (χ2n) is 12.0. The third-order valence-corrected chi connectivity index (χ3v) is 8.75. The molecule has 1 amide bonds. The highest BCUT2D eigenvalue weighted by atomic mass is 19.4. The van der Waals surface area contributed by atoms with Gasteiger partial charge in [-0.15, -0.1) is 0 Å². The van der Waals surface area contributed by atoms with Crippen molar-refractivity contribution in [1.82, 2.24) is 10.2 Å². The molecule has 1 atom stereocenters. The maximum atomic E-state index is 15.2. The van der Waals surface area contributed by atoms with E-state index in [0.717, 1.165) is 22.4 Å². The Morgan fingerprint density at radius 1 is 0.795 bits per heavy atom. The molecule has 2 aliphatic rings. The number of ether oxygens (including phenoxy) is 1. The highest BCUT2D eigenvalue weighted by molar-refractivity contribution is 5.90. The lowest BCUT2D eigenvalue weighted by molar-refractivity contribution is -0.231. The number of hydrogen-bond donors (Lipinski definition) is 1. The number of anilines is 1. The molecule has 1 aliphatic heterocycles. The van der Waals surface area contributed by atoms with E-state index in [9.17, 15) is 4.79 Å². The summed E-state index contributed by atoms with van der Waals surface area (Å²) in [6.07, 6.45) is -4.29. The quantitative estimate of drug-likeness (QED) is 0.229. The summed E-state index contributed by atoms with van der Waals surface area (Å²) in [6.45, 7) is 1.74. The molecule has 1 aliphatic carbocycles. The number of carbonyl (C=O) groups excluding carboxylic acids is 1. The van der Waals surface area contributed by atoms with Crippen molar-refractivity contribution in [3.8, 4) is 0 Å². The lowest BCUT2D eigenvalue weighted by Crippen LogP contribution is -2.79. The molecule has 44 heavy (non-hydrogen) atoms. The molecule has 5 nitrogen and oxygen atoms in total. The van der Waals surface area contributed by atoms with Gasteiger partial charge in [-0.25, -0.2) is 0 Å². The van der Waals surface area contributed by atoms with Crippen LogP contribution >= 0.6 is 0 Å². The molecular weight excluding hydrogens is 563 g/mol. The van der Waals surface area contributed by atoms with Gasteiger partial charge in [0.25, 0.3) is 5.91 Å². The molecule has 8 heteroatoms. The maximum absolute atomic E-state index is 15.2. The van der Waals surface area contributed by atoms with Crippen LogP contribution in [-0.4, -0.2) is 42.2 Å². The largest absolute Gasteiger partial charge is 0.419 e. The maximum Gasteiger partial charge on any atom is 0.419 e. The van der Waals surface area contributed by atoms with Crippen molar-refractivity contribution < 1.29 is 22.7 Å². The van der Waals surface area contributed by atoms with Crippen LogP contribution in [0.5, 0.6) is 0 Å². The summed E-state index contributed by atoms with van der Waals surface area (Å²) in [5, 5.41) is 2.86. The molecule has 1 unspecified atom stereocenters. The molecule has 4 aromatic carbocycles. The number of piperazine rings is 1. The van der Waals surface area contributed by atoms with Gasteiger partial charge in [0.1, 0.15) is 0 Å². The summed E-state index contributed by atoms with van der Waals surface area (Å²) >= 11 is 0. The number of alkyl halides is 3. The Morgan fingerprint density at radius 3 is 1.80 bits per heavy atom. The molecule has 0 radical (unpaired) electrons. The second kappa shape index (κ2) is 12.1. The fourth-order valence-electron chi connectivity index (χ4n) is 6.57. The molecule has 2 fully saturated rings. The molecule has 1 N–H and O–H groups in total. The number of rotatable bonds is 9.